The average Bonchev–Trinajstić information content (AvgIpc) is 2.50. The van der Waals surface area contributed by atoms with E-state index in [2.05, 4.69) is 10.6 Å². The number of hydrogen-bond acceptors (Lipinski definition) is 3. The lowest BCUT2D eigenvalue weighted by Crippen LogP contribution is -2.38. The highest BCUT2D eigenvalue weighted by Gasteiger charge is 2.24. The smallest absolute Gasteiger partial charge is 0.222 e. The van der Waals surface area contributed by atoms with E-state index < -0.39 is 35.6 Å². The maximum Gasteiger partial charge on any atom is 0.222 e. The van der Waals surface area contributed by atoms with Gasteiger partial charge in [-0.25, -0.2) is 8.78 Å². The molecule has 0 heterocycles. The topological polar surface area (TPSA) is 78.4 Å². The van der Waals surface area contributed by atoms with Gasteiger partial charge in [-0.05, 0) is 18.1 Å². The molecule has 1 aromatic rings. The molecule has 7 heteroatoms. The van der Waals surface area contributed by atoms with Crippen LogP contribution in [0.15, 0.2) is 18.2 Å². The molecule has 3 atom stereocenters. The van der Waals surface area contributed by atoms with Crippen molar-refractivity contribution in [2.45, 2.75) is 45.8 Å². The van der Waals surface area contributed by atoms with Gasteiger partial charge in [-0.1, -0.05) is 26.3 Å². The van der Waals surface area contributed by atoms with E-state index in [0.717, 1.165) is 18.6 Å². The molecule has 0 aliphatic heterocycles. The second-order valence-electron chi connectivity index (χ2n) is 5.85. The number of nitrogens with one attached hydrogen (secondary N) is 2. The molecule has 1 rings (SSSR count). The molecule has 3 N–H and O–H groups in total. The second-order valence-corrected chi connectivity index (χ2v) is 5.85. The van der Waals surface area contributed by atoms with E-state index in [0.29, 0.717) is 0 Å². The summed E-state index contributed by atoms with van der Waals surface area (Å²) in [6.07, 6.45) is -0.278. The van der Waals surface area contributed by atoms with E-state index in [9.17, 15) is 23.5 Å². The van der Waals surface area contributed by atoms with Gasteiger partial charge >= 0.3 is 0 Å². The minimum absolute atomic E-state index is 0.0143. The third kappa shape index (κ3) is 5.88. The van der Waals surface area contributed by atoms with E-state index in [-0.39, 0.29) is 24.4 Å². The van der Waals surface area contributed by atoms with Gasteiger partial charge in [-0.3, -0.25) is 9.59 Å². The second kappa shape index (κ2) is 9.32. The molecular weight excluding hydrogens is 318 g/mol. The van der Waals surface area contributed by atoms with Crippen LogP contribution >= 0.6 is 0 Å². The molecule has 0 saturated carbocycles. The third-order valence-corrected chi connectivity index (χ3v) is 3.92. The maximum atomic E-state index is 13.9. The number of carbonyl (C=O) groups is 2. The van der Waals surface area contributed by atoms with Crippen LogP contribution < -0.4 is 10.6 Å². The van der Waals surface area contributed by atoms with Gasteiger partial charge < -0.3 is 15.7 Å². The van der Waals surface area contributed by atoms with Crippen LogP contribution in [-0.2, 0) is 9.59 Å². The van der Waals surface area contributed by atoms with E-state index in [1.54, 1.807) is 0 Å². The SMILES string of the molecule is CCC(C)C(O)CNC(=O)CC(NC(C)=O)c1c(F)cccc1F. The number of aliphatic hydroxyl groups excluding tert-OH is 1. The zero-order valence-corrected chi connectivity index (χ0v) is 14.1. The van der Waals surface area contributed by atoms with E-state index >= 15 is 0 Å². The number of rotatable bonds is 8. The standard InChI is InChI=1S/C17H24F2N2O3/c1-4-10(2)15(23)9-20-16(24)8-14(21-11(3)22)17-12(18)6-5-7-13(17)19/h5-7,10,14-15,23H,4,8-9H2,1-3H3,(H,20,24)(H,21,22). The van der Waals surface area contributed by atoms with Crippen molar-refractivity contribution in [3.05, 3.63) is 35.4 Å². The molecule has 0 saturated heterocycles. The van der Waals surface area contributed by atoms with Crippen molar-refractivity contribution in [2.24, 2.45) is 5.92 Å². The summed E-state index contributed by atoms with van der Waals surface area (Å²) < 4.78 is 27.8. The molecule has 0 aromatic heterocycles. The predicted molar refractivity (Wildman–Crippen MR) is 86.0 cm³/mol. The zero-order chi connectivity index (χ0) is 18.3. The van der Waals surface area contributed by atoms with Crippen LogP contribution in [0.4, 0.5) is 8.78 Å². The highest BCUT2D eigenvalue weighted by Crippen LogP contribution is 2.23. The summed E-state index contributed by atoms with van der Waals surface area (Å²) in [4.78, 5) is 23.3. The summed E-state index contributed by atoms with van der Waals surface area (Å²) >= 11 is 0. The minimum Gasteiger partial charge on any atom is -0.391 e. The van der Waals surface area contributed by atoms with Crippen LogP contribution in [0.5, 0.6) is 0 Å². The van der Waals surface area contributed by atoms with E-state index in [1.807, 2.05) is 13.8 Å². The monoisotopic (exact) mass is 342 g/mol. The number of aliphatic hydroxyl groups is 1. The van der Waals surface area contributed by atoms with Gasteiger partial charge in [0.25, 0.3) is 0 Å². The molecule has 0 fully saturated rings. The first-order chi connectivity index (χ1) is 11.3. The van der Waals surface area contributed by atoms with Gasteiger partial charge in [0.05, 0.1) is 18.6 Å². The Kier molecular flexibility index (Phi) is 7.78. The number of benzene rings is 1. The van der Waals surface area contributed by atoms with Crippen molar-refractivity contribution in [3.8, 4) is 0 Å². The lowest BCUT2D eigenvalue weighted by Gasteiger charge is -2.21. The Balaban J connectivity index is 2.80. The molecule has 0 aliphatic rings. The summed E-state index contributed by atoms with van der Waals surface area (Å²) in [6, 6.07) is 2.22. The molecule has 5 nitrogen and oxygen atoms in total. The molecular formula is C17H24F2N2O3. The average molecular weight is 342 g/mol. The summed E-state index contributed by atoms with van der Waals surface area (Å²) in [7, 11) is 0. The Morgan fingerprint density at radius 2 is 1.83 bits per heavy atom. The molecule has 0 radical (unpaired) electrons. The highest BCUT2D eigenvalue weighted by atomic mass is 19.1. The van der Waals surface area contributed by atoms with Crippen molar-refractivity contribution in [1.82, 2.24) is 10.6 Å². The Hall–Kier alpha value is -2.02. The zero-order valence-electron chi connectivity index (χ0n) is 14.1. The number of hydrogen-bond donors (Lipinski definition) is 3. The Morgan fingerprint density at radius 3 is 2.33 bits per heavy atom. The number of carbonyl (C=O) groups excluding carboxylic acids is 2. The lowest BCUT2D eigenvalue weighted by atomic mass is 10.0. The van der Waals surface area contributed by atoms with Crippen molar-refractivity contribution in [3.63, 3.8) is 0 Å². The van der Waals surface area contributed by atoms with Crippen LogP contribution in [0.3, 0.4) is 0 Å². The summed E-state index contributed by atoms with van der Waals surface area (Å²) in [5.74, 6) is -2.67. The summed E-state index contributed by atoms with van der Waals surface area (Å²) in [5, 5.41) is 14.8. The lowest BCUT2D eigenvalue weighted by molar-refractivity contribution is -0.123. The van der Waals surface area contributed by atoms with Crippen LogP contribution in [0.25, 0.3) is 0 Å². The third-order valence-electron chi connectivity index (χ3n) is 3.92. The largest absolute Gasteiger partial charge is 0.391 e. The van der Waals surface area contributed by atoms with Crippen molar-refractivity contribution in [1.29, 1.82) is 0 Å². The van der Waals surface area contributed by atoms with Crippen molar-refractivity contribution >= 4 is 11.8 Å². The Labute approximate surface area is 140 Å². The first-order valence-corrected chi connectivity index (χ1v) is 7.92. The predicted octanol–water partition coefficient (Wildman–Crippen LogP) is 2.06. The molecule has 1 aromatic carbocycles. The fraction of sp³-hybridized carbons (Fsp3) is 0.529. The first kappa shape index (κ1) is 20.0. The first-order valence-electron chi connectivity index (χ1n) is 7.92. The van der Waals surface area contributed by atoms with Gasteiger partial charge in [0.1, 0.15) is 11.6 Å². The molecule has 24 heavy (non-hydrogen) atoms. The van der Waals surface area contributed by atoms with Crippen LogP contribution in [0, 0.1) is 17.6 Å². The van der Waals surface area contributed by atoms with Crippen LogP contribution in [-0.4, -0.2) is 29.6 Å². The normalized spacial score (nSPS) is 14.6. The number of amides is 2. The Morgan fingerprint density at radius 1 is 1.25 bits per heavy atom. The van der Waals surface area contributed by atoms with Crippen LogP contribution in [0.1, 0.15) is 45.2 Å². The highest BCUT2D eigenvalue weighted by molar-refractivity contribution is 5.79. The van der Waals surface area contributed by atoms with Crippen molar-refractivity contribution in [2.75, 3.05) is 6.54 Å². The molecule has 134 valence electrons. The summed E-state index contributed by atoms with van der Waals surface area (Å²) in [5.41, 5.74) is -0.356. The Bertz CT molecular complexity index is 561. The minimum atomic E-state index is -1.12. The molecule has 0 spiro atoms. The van der Waals surface area contributed by atoms with E-state index in [1.165, 1.54) is 13.0 Å². The fourth-order valence-electron chi connectivity index (χ4n) is 2.26. The fourth-order valence-corrected chi connectivity index (χ4v) is 2.26. The molecule has 2 amide bonds. The van der Waals surface area contributed by atoms with Gasteiger partial charge in [0, 0.05) is 19.0 Å². The quantitative estimate of drug-likeness (QED) is 0.677. The molecule has 3 unspecified atom stereocenters. The summed E-state index contributed by atoms with van der Waals surface area (Å²) in [6.45, 7) is 5.02. The van der Waals surface area contributed by atoms with Gasteiger partial charge in [0.15, 0.2) is 0 Å². The van der Waals surface area contributed by atoms with E-state index in [4.69, 9.17) is 0 Å². The number of halogens is 2. The molecule has 0 aliphatic carbocycles. The maximum absolute atomic E-state index is 13.9. The van der Waals surface area contributed by atoms with Gasteiger partial charge in [-0.2, -0.15) is 0 Å². The molecule has 0 bridgehead atoms. The van der Waals surface area contributed by atoms with Gasteiger partial charge in [0.2, 0.25) is 11.8 Å². The van der Waals surface area contributed by atoms with Crippen LogP contribution in [0.2, 0.25) is 0 Å². The van der Waals surface area contributed by atoms with Gasteiger partial charge in [-0.15, -0.1) is 0 Å². The van der Waals surface area contributed by atoms with Crippen molar-refractivity contribution < 1.29 is 23.5 Å².